The largest absolute Gasteiger partial charge is 0.311 e. The molecule has 2 rings (SSSR count). The Bertz CT molecular complexity index is 436. The zero-order valence-electron chi connectivity index (χ0n) is 9.34. The van der Waals surface area contributed by atoms with Crippen molar-refractivity contribution >= 4 is 11.3 Å². The summed E-state index contributed by atoms with van der Waals surface area (Å²) in [7, 11) is 1.95. The fraction of sp³-hybridized carbons (Fsp3) is 0.364. The smallest absolute Gasteiger partial charge is 0.147 e. The van der Waals surface area contributed by atoms with E-state index < -0.39 is 0 Å². The van der Waals surface area contributed by atoms with E-state index in [2.05, 4.69) is 27.4 Å². The molecule has 0 aliphatic rings. The Kier molecular flexibility index (Phi) is 3.58. The monoisotopic (exact) mass is 234 g/mol. The van der Waals surface area contributed by atoms with Crippen LogP contribution in [0.15, 0.2) is 24.5 Å². The Hall–Kier alpha value is -1.33. The zero-order chi connectivity index (χ0) is 11.4. The molecule has 1 N–H and O–H groups in total. The first-order chi connectivity index (χ1) is 7.85. The van der Waals surface area contributed by atoms with Gasteiger partial charge in [0.15, 0.2) is 0 Å². The fourth-order valence-corrected chi connectivity index (χ4v) is 2.53. The first-order valence-electron chi connectivity index (χ1n) is 5.26. The third kappa shape index (κ3) is 2.25. The van der Waals surface area contributed by atoms with Crippen LogP contribution in [0.5, 0.6) is 0 Å². The quantitative estimate of drug-likeness (QED) is 0.881. The molecule has 0 fully saturated rings. The van der Waals surface area contributed by atoms with Gasteiger partial charge < -0.3 is 5.32 Å². The van der Waals surface area contributed by atoms with Crippen LogP contribution < -0.4 is 5.32 Å². The number of hydrogen-bond donors (Lipinski definition) is 1. The van der Waals surface area contributed by atoms with E-state index in [1.165, 1.54) is 0 Å². The molecule has 0 aliphatic heterocycles. The minimum atomic E-state index is 0.299. The topological polar surface area (TPSA) is 50.7 Å². The number of hydrogen-bond acceptors (Lipinski definition) is 5. The van der Waals surface area contributed by atoms with E-state index in [0.29, 0.717) is 6.04 Å². The summed E-state index contributed by atoms with van der Waals surface area (Å²) < 4.78 is 0. The summed E-state index contributed by atoms with van der Waals surface area (Å²) in [4.78, 5) is 3.99. The van der Waals surface area contributed by atoms with E-state index in [1.54, 1.807) is 23.7 Å². The van der Waals surface area contributed by atoms with Crippen LogP contribution >= 0.6 is 11.3 Å². The molecule has 4 nitrogen and oxygen atoms in total. The van der Waals surface area contributed by atoms with Crippen molar-refractivity contribution in [3.05, 3.63) is 29.5 Å². The fourth-order valence-electron chi connectivity index (χ4n) is 1.49. The van der Waals surface area contributed by atoms with E-state index in [-0.39, 0.29) is 0 Å². The van der Waals surface area contributed by atoms with Crippen molar-refractivity contribution in [1.29, 1.82) is 0 Å². The second-order valence-electron chi connectivity index (χ2n) is 3.43. The Labute approximate surface area is 98.8 Å². The molecule has 0 amide bonds. The molecule has 0 spiro atoms. The average molecular weight is 234 g/mol. The Morgan fingerprint density at radius 2 is 2.06 bits per heavy atom. The average Bonchev–Trinajstić information content (AvgIpc) is 2.81. The van der Waals surface area contributed by atoms with E-state index in [1.807, 2.05) is 19.2 Å². The van der Waals surface area contributed by atoms with Gasteiger partial charge in [0, 0.05) is 18.0 Å². The molecule has 0 bridgehead atoms. The molecule has 2 aromatic heterocycles. The van der Waals surface area contributed by atoms with Crippen LogP contribution in [0, 0.1) is 0 Å². The second-order valence-corrected chi connectivity index (χ2v) is 4.44. The molecular weight excluding hydrogens is 220 g/mol. The zero-order valence-corrected chi connectivity index (χ0v) is 10.2. The van der Waals surface area contributed by atoms with Gasteiger partial charge >= 0.3 is 0 Å². The van der Waals surface area contributed by atoms with Crippen LogP contribution in [0.2, 0.25) is 0 Å². The lowest BCUT2D eigenvalue weighted by molar-refractivity contribution is 0.568. The first kappa shape index (κ1) is 11.2. The molecule has 0 aromatic carbocycles. The van der Waals surface area contributed by atoms with Crippen molar-refractivity contribution in [3.8, 4) is 10.6 Å². The van der Waals surface area contributed by atoms with Gasteiger partial charge in [-0.15, -0.1) is 10.2 Å². The summed E-state index contributed by atoms with van der Waals surface area (Å²) in [6.07, 6.45) is 4.55. The highest BCUT2D eigenvalue weighted by atomic mass is 32.1. The van der Waals surface area contributed by atoms with Gasteiger partial charge in [0.05, 0.1) is 6.04 Å². The van der Waals surface area contributed by atoms with Gasteiger partial charge in [0.25, 0.3) is 0 Å². The van der Waals surface area contributed by atoms with Gasteiger partial charge in [-0.2, -0.15) is 0 Å². The molecule has 0 saturated heterocycles. The molecule has 1 atom stereocenters. The number of nitrogens with zero attached hydrogens (tertiary/aromatic N) is 3. The summed E-state index contributed by atoms with van der Waals surface area (Å²) in [5, 5.41) is 13.6. The first-order valence-corrected chi connectivity index (χ1v) is 6.08. The third-order valence-corrected chi connectivity index (χ3v) is 3.51. The van der Waals surface area contributed by atoms with Gasteiger partial charge in [0.2, 0.25) is 0 Å². The minimum Gasteiger partial charge on any atom is -0.311 e. The SMILES string of the molecule is CCC(NC)c1nnc(-c2ccncc2)s1. The predicted molar refractivity (Wildman–Crippen MR) is 65.2 cm³/mol. The van der Waals surface area contributed by atoms with Crippen molar-refractivity contribution in [2.45, 2.75) is 19.4 Å². The van der Waals surface area contributed by atoms with Crippen LogP contribution in [-0.2, 0) is 0 Å². The van der Waals surface area contributed by atoms with Crippen LogP contribution in [0.25, 0.3) is 10.6 Å². The van der Waals surface area contributed by atoms with Gasteiger partial charge in [-0.3, -0.25) is 4.98 Å². The molecule has 0 radical (unpaired) electrons. The molecule has 16 heavy (non-hydrogen) atoms. The summed E-state index contributed by atoms with van der Waals surface area (Å²) in [5.74, 6) is 0. The van der Waals surface area contributed by atoms with Gasteiger partial charge in [0.1, 0.15) is 10.0 Å². The number of nitrogens with one attached hydrogen (secondary N) is 1. The maximum Gasteiger partial charge on any atom is 0.147 e. The summed E-state index contributed by atoms with van der Waals surface area (Å²) >= 11 is 1.63. The minimum absolute atomic E-state index is 0.299. The normalized spacial score (nSPS) is 12.6. The van der Waals surface area contributed by atoms with E-state index in [9.17, 15) is 0 Å². The van der Waals surface area contributed by atoms with E-state index in [0.717, 1.165) is 22.0 Å². The predicted octanol–water partition coefficient (Wildman–Crippen LogP) is 2.27. The number of pyridine rings is 1. The maximum atomic E-state index is 4.22. The van der Waals surface area contributed by atoms with Crippen molar-refractivity contribution in [1.82, 2.24) is 20.5 Å². The molecule has 0 aliphatic carbocycles. The van der Waals surface area contributed by atoms with Crippen LogP contribution in [0.4, 0.5) is 0 Å². The highest BCUT2D eigenvalue weighted by Crippen LogP contribution is 2.27. The summed E-state index contributed by atoms with van der Waals surface area (Å²) in [5.41, 5.74) is 1.07. The summed E-state index contributed by atoms with van der Waals surface area (Å²) in [6.45, 7) is 2.13. The van der Waals surface area contributed by atoms with Gasteiger partial charge in [-0.1, -0.05) is 18.3 Å². The van der Waals surface area contributed by atoms with Crippen molar-refractivity contribution in [3.63, 3.8) is 0 Å². The van der Waals surface area contributed by atoms with E-state index in [4.69, 9.17) is 0 Å². The number of rotatable bonds is 4. The Balaban J connectivity index is 2.26. The van der Waals surface area contributed by atoms with Crippen LogP contribution in [0.1, 0.15) is 24.4 Å². The lowest BCUT2D eigenvalue weighted by Crippen LogP contribution is -2.14. The summed E-state index contributed by atoms with van der Waals surface area (Å²) in [6, 6.07) is 4.20. The van der Waals surface area contributed by atoms with Gasteiger partial charge in [-0.25, -0.2) is 0 Å². The maximum absolute atomic E-state index is 4.22. The highest BCUT2D eigenvalue weighted by molar-refractivity contribution is 7.14. The van der Waals surface area contributed by atoms with E-state index >= 15 is 0 Å². The second kappa shape index (κ2) is 5.14. The Morgan fingerprint density at radius 1 is 1.31 bits per heavy atom. The van der Waals surface area contributed by atoms with Crippen molar-refractivity contribution in [2.24, 2.45) is 0 Å². The van der Waals surface area contributed by atoms with Crippen LogP contribution in [-0.4, -0.2) is 22.2 Å². The Morgan fingerprint density at radius 3 is 2.69 bits per heavy atom. The lowest BCUT2D eigenvalue weighted by Gasteiger charge is -2.07. The highest BCUT2D eigenvalue weighted by Gasteiger charge is 2.13. The molecular formula is C11H14N4S. The molecule has 5 heteroatoms. The molecule has 1 unspecified atom stereocenters. The van der Waals surface area contributed by atoms with Crippen molar-refractivity contribution < 1.29 is 0 Å². The van der Waals surface area contributed by atoms with Crippen LogP contribution in [0.3, 0.4) is 0 Å². The molecule has 2 heterocycles. The number of aromatic nitrogens is 3. The molecule has 84 valence electrons. The molecule has 2 aromatic rings. The third-order valence-electron chi connectivity index (χ3n) is 2.42. The lowest BCUT2D eigenvalue weighted by atomic mass is 10.2. The molecule has 0 saturated carbocycles. The van der Waals surface area contributed by atoms with Gasteiger partial charge in [-0.05, 0) is 25.6 Å². The van der Waals surface area contributed by atoms with Crippen molar-refractivity contribution in [2.75, 3.05) is 7.05 Å². The standard InChI is InChI=1S/C11H14N4S/c1-3-9(12-2)11-15-14-10(16-11)8-4-6-13-7-5-8/h4-7,9,12H,3H2,1-2H3.